The largest absolute Gasteiger partial charge is 1.00 e. The van der Waals surface area contributed by atoms with Crippen LogP contribution in [0, 0.1) is 55.4 Å². The van der Waals surface area contributed by atoms with Gasteiger partial charge in [0.2, 0.25) is 0 Å². The van der Waals surface area contributed by atoms with Gasteiger partial charge in [0, 0.05) is 47.6 Å². The number of aryl methyl sites for hydroxylation is 3. The van der Waals surface area contributed by atoms with Crippen LogP contribution >= 0.6 is 31.9 Å². The molecule has 55 heavy (non-hydrogen) atoms. The van der Waals surface area contributed by atoms with E-state index in [1.165, 1.54) is 22.3 Å². The molecule has 3 aliphatic heterocycles. The second-order valence-corrected chi connectivity index (χ2v) is 16.3. The highest BCUT2D eigenvalue weighted by atomic mass is 79.9. The predicted molar refractivity (Wildman–Crippen MR) is 224 cm³/mol. The van der Waals surface area contributed by atoms with Crippen LogP contribution in [0.1, 0.15) is 82.7 Å². The zero-order valence-corrected chi connectivity index (χ0v) is 36.8. The molecule has 0 saturated heterocycles. The quantitative estimate of drug-likeness (QED) is 0.155. The summed E-state index contributed by atoms with van der Waals surface area (Å²) in [6.07, 6.45) is 0. The third kappa shape index (κ3) is 5.84. The summed E-state index contributed by atoms with van der Waals surface area (Å²) >= 11 is 7.42. The fraction of sp³-hybridized carbons (Fsp3) is 0.188. The van der Waals surface area contributed by atoms with Crippen molar-refractivity contribution in [3.63, 3.8) is 0 Å². The molecule has 9 rings (SSSR count). The van der Waals surface area contributed by atoms with E-state index in [1.807, 2.05) is 36.4 Å². The molecule has 0 radical (unpaired) electrons. The molecule has 3 heterocycles. The summed E-state index contributed by atoms with van der Waals surface area (Å²) in [7, 11) is 0. The molecule has 3 aliphatic rings. The third-order valence-corrected chi connectivity index (χ3v) is 13.2. The molecule has 6 aromatic carbocycles. The molecule has 4 nitrogen and oxygen atoms in total. The van der Waals surface area contributed by atoms with E-state index >= 15 is 0 Å². The van der Waals surface area contributed by atoms with Crippen LogP contribution in [0.15, 0.2) is 93.9 Å². The average Bonchev–Trinajstić information content (AvgIpc) is 3.45. The standard InChI is InChI=1S/C24H20Br2O.C24H20O3.BrH/c1-12-8-6-7-9-17(12)22-18-10-20(25)13(2)15(4)23(18)27-24-16(5)14(3)21(26)11-19(22)24;1-13-9-11-19-21(15(13)3)26-22-16(4)14(2)10-12-20(22)24(19)18-8-6-5-7-17(18)23(25)27-24;/h6-11H,2H2,1,3-5H3;5-12H,1-4H3;1H/p-1. The Kier molecular flexibility index (Phi) is 10.1. The summed E-state index contributed by atoms with van der Waals surface area (Å²) in [4.78, 5) is 12.8. The lowest BCUT2D eigenvalue weighted by Gasteiger charge is -2.38. The number of fused-ring (bicyclic) bond motifs is 8. The van der Waals surface area contributed by atoms with Crippen LogP contribution in [0.2, 0.25) is 0 Å². The molecule has 0 N–H and O–H groups in total. The molecule has 0 unspecified atom stereocenters. The van der Waals surface area contributed by atoms with Crippen LogP contribution < -0.4 is 36.9 Å². The second kappa shape index (κ2) is 14.3. The number of hydrogen-bond donors (Lipinski definition) is 0. The summed E-state index contributed by atoms with van der Waals surface area (Å²) in [6.45, 7) is 20.9. The first kappa shape index (κ1) is 38.8. The first-order valence-corrected chi connectivity index (χ1v) is 19.6. The second-order valence-electron chi connectivity index (χ2n) is 14.6. The fourth-order valence-electron chi connectivity index (χ4n) is 7.94. The van der Waals surface area contributed by atoms with Gasteiger partial charge >= 0.3 is 5.97 Å². The summed E-state index contributed by atoms with van der Waals surface area (Å²) in [5, 5.41) is 2.07. The Balaban J connectivity index is 0.000000166. The monoisotopic (exact) mass is 917 g/mol. The van der Waals surface area contributed by atoms with E-state index < -0.39 is 5.60 Å². The lowest BCUT2D eigenvalue weighted by molar-refractivity contribution is -0.0000547. The van der Waals surface area contributed by atoms with Crippen molar-refractivity contribution in [2.24, 2.45) is 0 Å². The Hall–Kier alpha value is -4.43. The number of benzene rings is 6. The van der Waals surface area contributed by atoms with Gasteiger partial charge in [0.05, 0.1) is 5.56 Å². The summed E-state index contributed by atoms with van der Waals surface area (Å²) in [5.41, 5.74) is 15.0. The Morgan fingerprint density at radius 2 is 1.09 bits per heavy atom. The highest BCUT2D eigenvalue weighted by Gasteiger charge is 2.54. The van der Waals surface area contributed by atoms with Crippen LogP contribution in [0.3, 0.4) is 0 Å². The van der Waals surface area contributed by atoms with Gasteiger partial charge in [-0.3, -0.25) is 0 Å². The third-order valence-electron chi connectivity index (χ3n) is 11.6. The maximum Gasteiger partial charge on any atom is 0.340 e. The van der Waals surface area contributed by atoms with Crippen LogP contribution in [0.5, 0.6) is 23.0 Å². The number of halogens is 3. The Morgan fingerprint density at radius 1 is 0.527 bits per heavy atom. The van der Waals surface area contributed by atoms with Crippen LogP contribution in [-0.4, -0.2) is 5.97 Å². The van der Waals surface area contributed by atoms with Gasteiger partial charge in [-0.1, -0.05) is 105 Å². The van der Waals surface area contributed by atoms with E-state index in [0.29, 0.717) is 5.56 Å². The van der Waals surface area contributed by atoms with Crippen LogP contribution in [0.4, 0.5) is 0 Å². The van der Waals surface area contributed by atoms with E-state index in [-0.39, 0.29) is 23.0 Å². The summed E-state index contributed by atoms with van der Waals surface area (Å²) in [6, 6.07) is 28.7. The lowest BCUT2D eigenvalue weighted by atomic mass is 9.76. The number of carbonyl (C=O) groups excluding carboxylic acids is 1. The Morgan fingerprint density at radius 3 is 1.71 bits per heavy atom. The molecule has 0 aliphatic carbocycles. The highest BCUT2D eigenvalue weighted by Crippen LogP contribution is 2.58. The number of hydrogen-bond acceptors (Lipinski definition) is 4. The van der Waals surface area contributed by atoms with Gasteiger partial charge < -0.3 is 31.2 Å². The molecule has 0 aromatic heterocycles. The van der Waals surface area contributed by atoms with Crippen molar-refractivity contribution >= 4 is 50.0 Å². The SMILES string of the molecule is C=c1c(Br)cc2c(c1C)Oc1c(cc(Br)c(C)c1C)C=2c1ccccc1C.Cc1ccc2c(c1C)Oc1c(ccc(C)c1C)C21OC(=O)c2ccccc21.[Br-]. The molecule has 278 valence electrons. The molecule has 1 spiro atoms. The van der Waals surface area contributed by atoms with Crippen molar-refractivity contribution in [1.29, 1.82) is 0 Å². The smallest absolute Gasteiger partial charge is 0.340 e. The van der Waals surface area contributed by atoms with E-state index in [2.05, 4.69) is 142 Å². The molecule has 0 fully saturated rings. The van der Waals surface area contributed by atoms with Gasteiger partial charge in [-0.05, 0) is 123 Å². The minimum atomic E-state index is -0.965. The molecule has 0 atom stereocenters. The van der Waals surface area contributed by atoms with Crippen LogP contribution in [-0.2, 0) is 10.3 Å². The van der Waals surface area contributed by atoms with Gasteiger partial charge in [-0.25, -0.2) is 4.79 Å². The maximum absolute atomic E-state index is 12.8. The van der Waals surface area contributed by atoms with Crippen molar-refractivity contribution in [1.82, 2.24) is 0 Å². The molecular formula is C48H40Br3O4-. The van der Waals surface area contributed by atoms with Gasteiger partial charge in [0.25, 0.3) is 0 Å². The summed E-state index contributed by atoms with van der Waals surface area (Å²) in [5.74, 6) is 3.13. The molecule has 0 amide bonds. The minimum absolute atomic E-state index is 0. The first-order chi connectivity index (χ1) is 25.8. The number of esters is 1. The molecule has 6 aromatic rings. The highest BCUT2D eigenvalue weighted by molar-refractivity contribution is 9.10. The zero-order valence-electron chi connectivity index (χ0n) is 32.1. The van der Waals surface area contributed by atoms with Crippen molar-refractivity contribution in [3.05, 3.63) is 182 Å². The average molecular weight is 921 g/mol. The maximum atomic E-state index is 12.8. The summed E-state index contributed by atoms with van der Waals surface area (Å²) < 4.78 is 21.2. The topological polar surface area (TPSA) is 44.8 Å². The van der Waals surface area contributed by atoms with Gasteiger partial charge in [0.1, 0.15) is 23.0 Å². The lowest BCUT2D eigenvalue weighted by Crippen LogP contribution is -3.00. The van der Waals surface area contributed by atoms with E-state index in [9.17, 15) is 4.79 Å². The van der Waals surface area contributed by atoms with E-state index in [1.54, 1.807) is 0 Å². The fourth-order valence-corrected chi connectivity index (χ4v) is 8.99. The normalized spacial score (nSPS) is 13.8. The molecule has 0 bridgehead atoms. The number of carbonyl (C=O) groups is 1. The van der Waals surface area contributed by atoms with Crippen molar-refractivity contribution in [2.45, 2.75) is 61.0 Å². The van der Waals surface area contributed by atoms with Crippen LogP contribution in [0.25, 0.3) is 12.2 Å². The van der Waals surface area contributed by atoms with Crippen molar-refractivity contribution < 1.29 is 36.0 Å². The van der Waals surface area contributed by atoms with Gasteiger partial charge in [-0.2, -0.15) is 0 Å². The van der Waals surface area contributed by atoms with E-state index in [4.69, 9.17) is 14.2 Å². The molecule has 0 saturated carbocycles. The van der Waals surface area contributed by atoms with Crippen molar-refractivity contribution in [2.75, 3.05) is 0 Å². The number of rotatable bonds is 1. The molecular weight excluding hydrogens is 880 g/mol. The van der Waals surface area contributed by atoms with Gasteiger partial charge in [-0.15, -0.1) is 0 Å². The predicted octanol–water partition coefficient (Wildman–Crippen LogP) is 8.70. The molecule has 7 heteroatoms. The van der Waals surface area contributed by atoms with Crippen molar-refractivity contribution in [3.8, 4) is 23.0 Å². The Bertz CT molecular complexity index is 2690. The Labute approximate surface area is 349 Å². The zero-order chi connectivity index (χ0) is 38.4. The van der Waals surface area contributed by atoms with Gasteiger partial charge in [0.15, 0.2) is 5.60 Å². The number of ether oxygens (including phenoxy) is 3. The first-order valence-electron chi connectivity index (χ1n) is 18.0. The van der Waals surface area contributed by atoms with E-state index in [0.717, 1.165) is 98.0 Å². The minimum Gasteiger partial charge on any atom is -1.00 e.